The van der Waals surface area contributed by atoms with Gasteiger partial charge in [-0.3, -0.25) is 0 Å². The van der Waals surface area contributed by atoms with E-state index in [0.717, 1.165) is 0 Å². The summed E-state index contributed by atoms with van der Waals surface area (Å²) < 4.78 is 3.96. The molecular formula is C23H36O2SSn. The van der Waals surface area contributed by atoms with Crippen LogP contribution < -0.4 is 5.11 Å². The van der Waals surface area contributed by atoms with Crippen LogP contribution in [0.3, 0.4) is 0 Å². The van der Waals surface area contributed by atoms with Crippen LogP contribution in [0.5, 0.6) is 0 Å². The van der Waals surface area contributed by atoms with Crippen LogP contribution in [0.1, 0.15) is 106 Å². The Kier molecular flexibility index (Phi) is 9.51. The second kappa shape index (κ2) is 11.8. The van der Waals surface area contributed by atoms with Crippen LogP contribution in [0.2, 0.25) is 11.8 Å². The van der Waals surface area contributed by atoms with Crippen LogP contribution >= 0.6 is 11.3 Å². The molecule has 3 aliphatic rings. The van der Waals surface area contributed by atoms with Crippen molar-refractivity contribution in [1.82, 2.24) is 0 Å². The number of thiophene rings is 1. The van der Waals surface area contributed by atoms with E-state index < -0.39 is 25.7 Å². The van der Waals surface area contributed by atoms with E-state index in [0.29, 0.717) is 0 Å². The van der Waals surface area contributed by atoms with Gasteiger partial charge in [0.2, 0.25) is 0 Å². The minimum atomic E-state index is -1.15. The second-order valence-electron chi connectivity index (χ2n) is 8.77. The van der Waals surface area contributed by atoms with E-state index >= 15 is 0 Å². The zero-order chi connectivity index (χ0) is 18.9. The van der Waals surface area contributed by atoms with Crippen molar-refractivity contribution in [2.45, 2.75) is 108 Å². The largest absolute Gasteiger partial charge is 0.544 e. The molecule has 0 atom stereocenters. The topological polar surface area (TPSA) is 40.1 Å². The number of carbonyl (C=O) groups is 1. The molecule has 0 N–H and O–H groups in total. The van der Waals surface area contributed by atoms with E-state index in [4.69, 9.17) is 0 Å². The van der Waals surface area contributed by atoms with Gasteiger partial charge in [-0.15, -0.1) is 11.3 Å². The van der Waals surface area contributed by atoms with Crippen molar-refractivity contribution in [3.8, 4) is 0 Å². The van der Waals surface area contributed by atoms with Crippen LogP contribution in [-0.2, 0) is 0 Å². The van der Waals surface area contributed by atoms with Crippen LogP contribution in [0.4, 0.5) is 0 Å². The molecule has 3 aliphatic carbocycles. The smallest absolute Gasteiger partial charge is 0.0815 e. The summed E-state index contributed by atoms with van der Waals surface area (Å²) in [4.78, 5) is 10.2. The molecule has 0 aromatic carbocycles. The first kappa shape index (κ1) is 21.7. The van der Waals surface area contributed by atoms with Crippen molar-refractivity contribution in [3.05, 3.63) is 22.4 Å². The first-order chi connectivity index (χ1) is 13.3. The Balaban J connectivity index is 0.000000221. The fourth-order valence-corrected chi connectivity index (χ4v) is 21.2. The summed E-state index contributed by atoms with van der Waals surface area (Å²) in [5, 5.41) is 11.7. The Morgan fingerprint density at radius 3 is 1.44 bits per heavy atom. The Morgan fingerprint density at radius 1 is 0.778 bits per heavy atom. The van der Waals surface area contributed by atoms with E-state index in [9.17, 15) is 9.90 Å². The predicted octanol–water partition coefficient (Wildman–Crippen LogP) is 6.60. The third kappa shape index (κ3) is 6.76. The van der Waals surface area contributed by atoms with Crippen molar-refractivity contribution in [3.63, 3.8) is 0 Å². The van der Waals surface area contributed by atoms with Crippen molar-refractivity contribution in [2.75, 3.05) is 0 Å². The monoisotopic (exact) mass is 496 g/mol. The summed E-state index contributed by atoms with van der Waals surface area (Å²) in [5.74, 6) is -1.10. The number of hydrogen-bond donors (Lipinski definition) is 0. The van der Waals surface area contributed by atoms with Gasteiger partial charge in [0.1, 0.15) is 0 Å². The zero-order valence-electron chi connectivity index (χ0n) is 16.8. The average Bonchev–Trinajstić information content (AvgIpc) is 3.27. The molecule has 3 fully saturated rings. The van der Waals surface area contributed by atoms with Gasteiger partial charge in [0.15, 0.2) is 0 Å². The number of hydrogen-bond acceptors (Lipinski definition) is 3. The number of carboxylic acids is 1. The van der Waals surface area contributed by atoms with Gasteiger partial charge in [0.05, 0.1) is 5.97 Å². The first-order valence-electron chi connectivity index (χ1n) is 11.4. The molecule has 2 nitrogen and oxygen atoms in total. The second-order valence-corrected chi connectivity index (χ2v) is 19.6. The maximum Gasteiger partial charge on any atom is 0.0815 e. The van der Waals surface area contributed by atoms with Gasteiger partial charge in [-0.25, -0.2) is 0 Å². The molecule has 0 radical (unpaired) electrons. The van der Waals surface area contributed by atoms with Gasteiger partial charge in [-0.2, -0.15) is 0 Å². The molecular weight excluding hydrogens is 459 g/mol. The molecule has 3 saturated carbocycles. The maximum absolute atomic E-state index is 9.96. The summed E-state index contributed by atoms with van der Waals surface area (Å²) >= 11 is 0.0182. The Morgan fingerprint density at radius 2 is 1.19 bits per heavy atom. The van der Waals surface area contributed by atoms with Crippen molar-refractivity contribution >= 4 is 37.1 Å². The van der Waals surface area contributed by atoms with Crippen molar-refractivity contribution in [2.24, 2.45) is 0 Å². The first-order valence-corrected chi connectivity index (χ1v) is 17.2. The van der Waals surface area contributed by atoms with E-state index in [1.807, 2.05) is 0 Å². The SMILES string of the molecule is C1CC[CH]([Sn+]([CH]2CCCCC2)[CH]2CCCCC2)CC1.O=C([O-])c1cccs1. The zero-order valence-corrected chi connectivity index (χ0v) is 20.5. The molecule has 1 aromatic rings. The van der Waals surface area contributed by atoms with E-state index in [2.05, 4.69) is 0 Å². The van der Waals surface area contributed by atoms with Gasteiger partial charge in [0, 0.05) is 4.88 Å². The molecule has 0 bridgehead atoms. The molecule has 1 heterocycles. The van der Waals surface area contributed by atoms with Gasteiger partial charge in [-0.1, -0.05) is 6.07 Å². The maximum atomic E-state index is 9.96. The molecule has 1 aromatic heterocycles. The standard InChI is InChI=1S/3C6H11.C5H4O2S.Sn/c3*1-2-4-6-5-3-1;6-5(7)4-2-1-3-8-4;/h3*1H,2-6H2;1-3H,(H,6,7);/q;;;;+1/p-1. The Bertz CT molecular complexity index is 484. The van der Waals surface area contributed by atoms with Crippen molar-refractivity contribution in [1.29, 1.82) is 0 Å². The van der Waals surface area contributed by atoms with E-state index in [1.54, 1.807) is 108 Å². The van der Waals surface area contributed by atoms with Gasteiger partial charge < -0.3 is 9.90 Å². The summed E-state index contributed by atoms with van der Waals surface area (Å²) in [6.07, 6.45) is 24.2. The van der Waals surface area contributed by atoms with Crippen LogP contribution in [0.25, 0.3) is 0 Å². The van der Waals surface area contributed by atoms with Crippen LogP contribution in [-0.4, -0.2) is 25.7 Å². The Hall–Kier alpha value is -0.0313. The third-order valence-corrected chi connectivity index (χ3v) is 20.8. The fraction of sp³-hybridized carbons (Fsp3) is 0.783. The van der Waals surface area contributed by atoms with Crippen LogP contribution in [0, 0.1) is 0 Å². The number of carboxylic acid groups (broad SMARTS) is 1. The van der Waals surface area contributed by atoms with E-state index in [-0.39, 0.29) is 4.88 Å². The quantitative estimate of drug-likeness (QED) is 0.442. The average molecular weight is 495 g/mol. The van der Waals surface area contributed by atoms with Gasteiger partial charge in [-0.05, 0) is 11.4 Å². The summed E-state index contributed by atoms with van der Waals surface area (Å²) in [6, 6.07) is 3.19. The number of carbonyl (C=O) groups excluding carboxylic acids is 1. The van der Waals surface area contributed by atoms with Gasteiger partial charge in [0.25, 0.3) is 0 Å². The molecule has 0 spiro atoms. The number of aromatic carboxylic acids is 1. The summed E-state index contributed by atoms with van der Waals surface area (Å²) in [7, 11) is 0. The minimum absolute atomic E-state index is 0.282. The van der Waals surface area contributed by atoms with E-state index in [1.165, 1.54) is 29.2 Å². The molecule has 4 heteroatoms. The minimum Gasteiger partial charge on any atom is -0.544 e. The fourth-order valence-electron chi connectivity index (χ4n) is 5.70. The third-order valence-electron chi connectivity index (χ3n) is 6.95. The molecule has 27 heavy (non-hydrogen) atoms. The molecule has 0 aliphatic heterocycles. The molecule has 0 saturated heterocycles. The molecule has 150 valence electrons. The van der Waals surface area contributed by atoms with Crippen LogP contribution in [0.15, 0.2) is 17.5 Å². The summed E-state index contributed by atoms with van der Waals surface area (Å²) in [5.41, 5.74) is 0. The van der Waals surface area contributed by atoms with Gasteiger partial charge >= 0.3 is 128 Å². The summed E-state index contributed by atoms with van der Waals surface area (Å²) in [6.45, 7) is 0. The molecule has 4 rings (SSSR count). The molecule has 0 unspecified atom stereocenters. The Labute approximate surface area is 176 Å². The predicted molar refractivity (Wildman–Crippen MR) is 115 cm³/mol. The molecule has 0 amide bonds. The number of rotatable bonds is 4. The normalized spacial score (nSPS) is 22.7. The van der Waals surface area contributed by atoms with Crippen molar-refractivity contribution < 1.29 is 9.90 Å².